The van der Waals surface area contributed by atoms with Crippen LogP contribution in [0.5, 0.6) is 0 Å². The van der Waals surface area contributed by atoms with E-state index in [4.69, 9.17) is 0 Å². The lowest BCUT2D eigenvalue weighted by atomic mass is 9.52. The first-order valence-electron chi connectivity index (χ1n) is 6.36. The Balaban J connectivity index is 1.93. The number of nitriles is 1. The molecule has 0 aliphatic heterocycles. The highest BCUT2D eigenvalue weighted by atomic mass is 79.9. The molecule has 0 atom stereocenters. The Morgan fingerprint density at radius 2 is 1.71 bits per heavy atom. The first kappa shape index (κ1) is 11.3. The van der Waals surface area contributed by atoms with Crippen LogP contribution in [0.25, 0.3) is 0 Å². The zero-order valence-electron chi connectivity index (χ0n) is 9.88. The van der Waals surface area contributed by atoms with Gasteiger partial charge in [0.25, 0.3) is 0 Å². The minimum atomic E-state index is 0.0216. The van der Waals surface area contributed by atoms with Gasteiger partial charge in [-0.1, -0.05) is 28.1 Å². The van der Waals surface area contributed by atoms with E-state index in [0.717, 1.165) is 19.3 Å². The van der Waals surface area contributed by atoms with E-state index in [1.54, 1.807) is 0 Å². The summed E-state index contributed by atoms with van der Waals surface area (Å²) in [6, 6.07) is 11.3. The van der Waals surface area contributed by atoms with Crippen molar-refractivity contribution < 1.29 is 0 Å². The van der Waals surface area contributed by atoms with Crippen molar-refractivity contribution >= 4 is 15.9 Å². The Hall–Kier alpha value is -0.810. The molecule has 3 fully saturated rings. The van der Waals surface area contributed by atoms with E-state index in [-0.39, 0.29) is 5.41 Å². The number of rotatable bonds is 1. The van der Waals surface area contributed by atoms with Gasteiger partial charge in [0.15, 0.2) is 0 Å². The minimum Gasteiger partial charge on any atom is -0.198 e. The lowest BCUT2D eigenvalue weighted by molar-refractivity contribution is 0.0849. The van der Waals surface area contributed by atoms with Gasteiger partial charge in [-0.3, -0.25) is 0 Å². The van der Waals surface area contributed by atoms with Crippen LogP contribution in [-0.2, 0) is 5.41 Å². The third-order valence-corrected chi connectivity index (χ3v) is 5.41. The second kappa shape index (κ2) is 3.85. The molecule has 3 aliphatic rings. The fraction of sp³-hybridized carbons (Fsp3) is 0.533. The third-order valence-electron chi connectivity index (χ3n) is 4.92. The fourth-order valence-corrected chi connectivity index (χ4v) is 4.00. The Kier molecular flexibility index (Phi) is 2.56. The molecular weight excluding hydrogens is 274 g/mol. The van der Waals surface area contributed by atoms with Crippen LogP contribution in [0.2, 0.25) is 0 Å². The van der Waals surface area contributed by atoms with Crippen molar-refractivity contribution in [3.05, 3.63) is 34.3 Å². The summed E-state index contributed by atoms with van der Waals surface area (Å²) in [5, 5.41) is 9.31. The Morgan fingerprint density at radius 3 is 2.24 bits per heavy atom. The molecule has 2 heteroatoms. The summed E-state index contributed by atoms with van der Waals surface area (Å²) < 4.78 is 1.17. The maximum atomic E-state index is 9.31. The molecule has 2 bridgehead atoms. The van der Waals surface area contributed by atoms with Gasteiger partial charge >= 0.3 is 0 Å². The van der Waals surface area contributed by atoms with Gasteiger partial charge in [-0.2, -0.15) is 5.26 Å². The van der Waals surface area contributed by atoms with Crippen LogP contribution in [-0.4, -0.2) is 0 Å². The molecule has 0 heterocycles. The number of halogens is 1. The number of hydrogen-bond acceptors (Lipinski definition) is 1. The molecule has 0 radical (unpaired) electrons. The summed E-state index contributed by atoms with van der Waals surface area (Å²) in [4.78, 5) is 0. The van der Waals surface area contributed by atoms with Crippen molar-refractivity contribution in [3.63, 3.8) is 0 Å². The molecule has 0 spiro atoms. The zero-order valence-corrected chi connectivity index (χ0v) is 11.5. The van der Waals surface area contributed by atoms with Gasteiger partial charge in [0, 0.05) is 4.47 Å². The zero-order chi connectivity index (χ0) is 11.9. The highest BCUT2D eigenvalue weighted by Gasteiger charge is 2.49. The predicted molar refractivity (Wildman–Crippen MR) is 71.6 cm³/mol. The van der Waals surface area contributed by atoms with Crippen molar-refractivity contribution in [2.24, 2.45) is 5.41 Å². The molecule has 17 heavy (non-hydrogen) atoms. The van der Waals surface area contributed by atoms with Gasteiger partial charge in [-0.05, 0) is 61.6 Å². The van der Waals surface area contributed by atoms with Crippen molar-refractivity contribution in [3.8, 4) is 6.07 Å². The van der Waals surface area contributed by atoms with Crippen molar-refractivity contribution in [1.82, 2.24) is 0 Å². The Morgan fingerprint density at radius 1 is 1.06 bits per heavy atom. The van der Waals surface area contributed by atoms with Gasteiger partial charge in [0.1, 0.15) is 0 Å². The summed E-state index contributed by atoms with van der Waals surface area (Å²) in [6.45, 7) is 0. The summed E-state index contributed by atoms with van der Waals surface area (Å²) >= 11 is 3.57. The lowest BCUT2D eigenvalue weighted by Crippen LogP contribution is -2.43. The smallest absolute Gasteiger partial charge is 0.0689 e. The predicted octanol–water partition coefficient (Wildman–Crippen LogP) is 4.56. The van der Waals surface area contributed by atoms with Crippen LogP contribution >= 0.6 is 15.9 Å². The van der Waals surface area contributed by atoms with Crippen LogP contribution in [0.3, 0.4) is 0 Å². The largest absolute Gasteiger partial charge is 0.198 e. The topological polar surface area (TPSA) is 23.8 Å². The van der Waals surface area contributed by atoms with Gasteiger partial charge in [-0.15, -0.1) is 0 Å². The Labute approximate surface area is 111 Å². The van der Waals surface area contributed by atoms with E-state index in [9.17, 15) is 5.26 Å². The van der Waals surface area contributed by atoms with Crippen molar-refractivity contribution in [1.29, 1.82) is 5.26 Å². The van der Waals surface area contributed by atoms with E-state index in [0.29, 0.717) is 5.41 Å². The van der Waals surface area contributed by atoms with E-state index >= 15 is 0 Å². The van der Waals surface area contributed by atoms with Gasteiger partial charge < -0.3 is 0 Å². The third kappa shape index (κ3) is 1.72. The van der Waals surface area contributed by atoms with E-state index in [2.05, 4.69) is 46.3 Å². The molecule has 3 saturated carbocycles. The molecule has 1 nitrogen and oxygen atoms in total. The molecule has 88 valence electrons. The second-order valence-corrected chi connectivity index (χ2v) is 6.60. The maximum absolute atomic E-state index is 9.31. The summed E-state index contributed by atoms with van der Waals surface area (Å²) in [5.41, 5.74) is 1.86. The molecule has 1 aromatic carbocycles. The van der Waals surface area contributed by atoms with Gasteiger partial charge in [-0.25, -0.2) is 0 Å². The summed E-state index contributed by atoms with van der Waals surface area (Å²) in [6.07, 6.45) is 6.85. The van der Waals surface area contributed by atoms with Gasteiger partial charge in [0.2, 0.25) is 0 Å². The molecule has 1 aromatic rings. The molecule has 3 aliphatic carbocycles. The van der Waals surface area contributed by atoms with Gasteiger partial charge in [0.05, 0.1) is 11.5 Å². The molecule has 0 saturated heterocycles. The SMILES string of the molecule is N#CC12CCC(c3cccc(Br)c3)(CC1)CC2. The van der Waals surface area contributed by atoms with E-state index < -0.39 is 0 Å². The highest BCUT2D eigenvalue weighted by Crippen LogP contribution is 2.57. The van der Waals surface area contributed by atoms with Crippen LogP contribution < -0.4 is 0 Å². The quantitative estimate of drug-likeness (QED) is 0.743. The maximum Gasteiger partial charge on any atom is 0.0689 e. The molecular formula is C15H16BrN. The minimum absolute atomic E-state index is 0.0216. The van der Waals surface area contributed by atoms with Crippen LogP contribution in [0.15, 0.2) is 28.7 Å². The van der Waals surface area contributed by atoms with E-state index in [1.165, 1.54) is 29.3 Å². The first-order valence-corrected chi connectivity index (χ1v) is 7.15. The average Bonchev–Trinajstić information content (AvgIpc) is 2.41. The average molecular weight is 290 g/mol. The standard InChI is InChI=1S/C15H16BrN/c16-13-3-1-2-12(10-13)15-7-4-14(11-17,5-8-15)6-9-15/h1-3,10H,4-9H2. The molecule has 4 rings (SSSR count). The Bertz CT molecular complexity index is 461. The number of nitrogens with zero attached hydrogens (tertiary/aromatic N) is 1. The lowest BCUT2D eigenvalue weighted by Gasteiger charge is -2.50. The number of fused-ring (bicyclic) bond motifs is 3. The van der Waals surface area contributed by atoms with Crippen LogP contribution in [0, 0.1) is 16.7 Å². The highest BCUT2D eigenvalue weighted by molar-refractivity contribution is 9.10. The molecule has 0 unspecified atom stereocenters. The second-order valence-electron chi connectivity index (χ2n) is 5.68. The summed E-state index contributed by atoms with van der Waals surface area (Å²) in [5.74, 6) is 0. The molecule has 0 N–H and O–H groups in total. The van der Waals surface area contributed by atoms with Crippen LogP contribution in [0.4, 0.5) is 0 Å². The first-order chi connectivity index (χ1) is 8.18. The fourth-order valence-electron chi connectivity index (χ4n) is 3.60. The number of benzene rings is 1. The normalized spacial score (nSPS) is 35.5. The van der Waals surface area contributed by atoms with Crippen LogP contribution in [0.1, 0.15) is 44.1 Å². The van der Waals surface area contributed by atoms with Crippen molar-refractivity contribution in [2.45, 2.75) is 43.9 Å². The number of hydrogen-bond donors (Lipinski definition) is 0. The molecule has 0 aromatic heterocycles. The monoisotopic (exact) mass is 289 g/mol. The van der Waals surface area contributed by atoms with Crippen molar-refractivity contribution in [2.75, 3.05) is 0 Å². The molecule has 0 amide bonds. The van der Waals surface area contributed by atoms with E-state index in [1.807, 2.05) is 0 Å². The summed E-state index contributed by atoms with van der Waals surface area (Å²) in [7, 11) is 0.